The summed E-state index contributed by atoms with van der Waals surface area (Å²) < 4.78 is 37.9. The number of hydrogen-bond acceptors (Lipinski definition) is 3. The van der Waals surface area contributed by atoms with E-state index in [0.29, 0.717) is 23.5 Å². The summed E-state index contributed by atoms with van der Waals surface area (Å²) in [5.41, 5.74) is 0.327. The molecule has 3 rings (SSSR count). The van der Waals surface area contributed by atoms with Gasteiger partial charge in [-0.05, 0) is 57.5 Å². The Hall–Kier alpha value is -2.35. The van der Waals surface area contributed by atoms with Crippen LogP contribution < -0.4 is 5.32 Å². The molecule has 0 radical (unpaired) electrons. The average Bonchev–Trinajstić information content (AvgIpc) is 2.99. The minimum atomic E-state index is -4.36. The number of unbranched alkanes of at least 4 members (excludes halogenated alkanes) is 1. The lowest BCUT2D eigenvalue weighted by atomic mass is 10.1. The third-order valence-electron chi connectivity index (χ3n) is 5.19. The van der Waals surface area contributed by atoms with Crippen molar-refractivity contribution in [3.05, 3.63) is 35.9 Å². The molecule has 1 fully saturated rings. The standard InChI is InChI=1S/C21H27F3N4O/c22-21(23,24)17-10-8-16(9-11-17)18-15-19(27-26-18)25-20(29)7-3-6-14-28-12-4-1-2-5-13-28/h8-11,15H,1-7,12-14H2,(H2,25,26,27,29). The van der Waals surface area contributed by atoms with Crippen LogP contribution in [0.1, 0.15) is 50.5 Å². The maximum absolute atomic E-state index is 12.6. The van der Waals surface area contributed by atoms with E-state index < -0.39 is 11.7 Å². The Morgan fingerprint density at radius 1 is 1.07 bits per heavy atom. The fraction of sp³-hybridized carbons (Fsp3) is 0.524. The summed E-state index contributed by atoms with van der Waals surface area (Å²) in [5, 5.41) is 9.55. The number of aromatic nitrogens is 2. The van der Waals surface area contributed by atoms with Crippen LogP contribution in [-0.2, 0) is 11.0 Å². The molecule has 2 heterocycles. The maximum atomic E-state index is 12.6. The van der Waals surface area contributed by atoms with Crippen molar-refractivity contribution in [3.8, 4) is 11.3 Å². The first kappa shape index (κ1) is 21.4. The zero-order chi connectivity index (χ0) is 20.7. The molecule has 2 N–H and O–H groups in total. The van der Waals surface area contributed by atoms with Crippen LogP contribution in [0.2, 0.25) is 0 Å². The van der Waals surface area contributed by atoms with Crippen molar-refractivity contribution in [2.45, 2.75) is 51.1 Å². The zero-order valence-corrected chi connectivity index (χ0v) is 16.4. The summed E-state index contributed by atoms with van der Waals surface area (Å²) in [6.45, 7) is 3.36. The van der Waals surface area contributed by atoms with Crippen molar-refractivity contribution in [2.75, 3.05) is 25.0 Å². The number of nitrogens with zero attached hydrogens (tertiary/aromatic N) is 2. The predicted octanol–water partition coefficient (Wildman–Crippen LogP) is 5.08. The molecule has 0 spiro atoms. The quantitative estimate of drug-likeness (QED) is 0.628. The van der Waals surface area contributed by atoms with Crippen LogP contribution in [-0.4, -0.2) is 40.6 Å². The molecule has 1 aromatic carbocycles. The number of likely N-dealkylation sites (tertiary alicyclic amines) is 1. The first-order valence-electron chi connectivity index (χ1n) is 10.2. The molecule has 1 aromatic heterocycles. The third kappa shape index (κ3) is 6.59. The van der Waals surface area contributed by atoms with Gasteiger partial charge < -0.3 is 10.2 Å². The van der Waals surface area contributed by atoms with Crippen LogP contribution in [0.25, 0.3) is 11.3 Å². The van der Waals surface area contributed by atoms with Crippen molar-refractivity contribution in [2.24, 2.45) is 0 Å². The van der Waals surface area contributed by atoms with Crippen molar-refractivity contribution < 1.29 is 18.0 Å². The molecule has 2 aromatic rings. The molecule has 1 amide bonds. The topological polar surface area (TPSA) is 61.0 Å². The van der Waals surface area contributed by atoms with E-state index in [4.69, 9.17) is 0 Å². The van der Waals surface area contributed by atoms with Crippen molar-refractivity contribution >= 4 is 11.7 Å². The molecule has 0 atom stereocenters. The maximum Gasteiger partial charge on any atom is 0.416 e. The second-order valence-corrected chi connectivity index (χ2v) is 7.50. The molecule has 0 aliphatic carbocycles. The molecule has 5 nitrogen and oxygen atoms in total. The number of amides is 1. The van der Waals surface area contributed by atoms with Gasteiger partial charge in [-0.3, -0.25) is 9.89 Å². The van der Waals surface area contributed by atoms with E-state index in [9.17, 15) is 18.0 Å². The summed E-state index contributed by atoms with van der Waals surface area (Å²) in [6, 6.07) is 6.40. The number of aromatic amines is 1. The molecule has 0 saturated carbocycles. The third-order valence-corrected chi connectivity index (χ3v) is 5.19. The van der Waals surface area contributed by atoms with Crippen LogP contribution in [0.4, 0.5) is 19.0 Å². The molecule has 29 heavy (non-hydrogen) atoms. The minimum absolute atomic E-state index is 0.0940. The van der Waals surface area contributed by atoms with Gasteiger partial charge in [0.2, 0.25) is 5.91 Å². The Balaban J connectivity index is 1.42. The number of rotatable bonds is 7. The van der Waals surface area contributed by atoms with E-state index in [1.807, 2.05) is 0 Å². The van der Waals surface area contributed by atoms with Gasteiger partial charge in [0, 0.05) is 18.1 Å². The summed E-state index contributed by atoms with van der Waals surface area (Å²) in [4.78, 5) is 14.6. The highest BCUT2D eigenvalue weighted by atomic mass is 19.4. The number of alkyl halides is 3. The second-order valence-electron chi connectivity index (χ2n) is 7.50. The second kappa shape index (κ2) is 9.91. The van der Waals surface area contributed by atoms with Gasteiger partial charge in [-0.25, -0.2) is 0 Å². The number of halogens is 3. The van der Waals surface area contributed by atoms with Crippen molar-refractivity contribution in [1.82, 2.24) is 15.1 Å². The molecule has 1 saturated heterocycles. The Morgan fingerprint density at radius 2 is 1.76 bits per heavy atom. The highest BCUT2D eigenvalue weighted by Crippen LogP contribution is 2.30. The highest BCUT2D eigenvalue weighted by molar-refractivity contribution is 5.90. The molecule has 1 aliphatic rings. The fourth-order valence-electron chi connectivity index (χ4n) is 3.56. The Morgan fingerprint density at radius 3 is 2.41 bits per heavy atom. The van der Waals surface area contributed by atoms with Gasteiger partial charge in [0.15, 0.2) is 0 Å². The van der Waals surface area contributed by atoms with Crippen molar-refractivity contribution in [1.29, 1.82) is 0 Å². The Labute approximate surface area is 168 Å². The van der Waals surface area contributed by atoms with E-state index in [1.165, 1.54) is 37.8 Å². The predicted molar refractivity (Wildman–Crippen MR) is 106 cm³/mol. The summed E-state index contributed by atoms with van der Waals surface area (Å²) in [7, 11) is 0. The number of hydrogen-bond donors (Lipinski definition) is 2. The lowest BCUT2D eigenvalue weighted by Crippen LogP contribution is -2.25. The van der Waals surface area contributed by atoms with Crippen LogP contribution in [0, 0.1) is 0 Å². The SMILES string of the molecule is O=C(CCCCN1CCCCCC1)Nc1cc(-c2ccc(C(F)(F)F)cc2)n[nH]1. The van der Waals surface area contributed by atoms with Gasteiger partial charge >= 0.3 is 6.18 Å². The first-order valence-corrected chi connectivity index (χ1v) is 10.2. The molecule has 0 unspecified atom stereocenters. The van der Waals surface area contributed by atoms with Crippen molar-refractivity contribution in [3.63, 3.8) is 0 Å². The van der Waals surface area contributed by atoms with Gasteiger partial charge in [-0.1, -0.05) is 25.0 Å². The molecule has 158 valence electrons. The number of nitrogens with one attached hydrogen (secondary N) is 2. The summed E-state index contributed by atoms with van der Waals surface area (Å²) in [6.07, 6.45) is 3.05. The van der Waals surface area contributed by atoms with E-state index in [1.54, 1.807) is 6.07 Å². The monoisotopic (exact) mass is 408 g/mol. The molecular formula is C21H27F3N4O. The van der Waals surface area contributed by atoms with Gasteiger partial charge in [0.05, 0.1) is 11.3 Å². The van der Waals surface area contributed by atoms with E-state index in [2.05, 4.69) is 20.4 Å². The molecule has 8 heteroatoms. The van der Waals surface area contributed by atoms with E-state index in [-0.39, 0.29) is 5.91 Å². The Kier molecular flexibility index (Phi) is 7.30. The highest BCUT2D eigenvalue weighted by Gasteiger charge is 2.30. The number of carbonyl (C=O) groups excluding carboxylic acids is 1. The number of benzene rings is 1. The largest absolute Gasteiger partial charge is 0.416 e. The molecule has 0 bridgehead atoms. The zero-order valence-electron chi connectivity index (χ0n) is 16.4. The lowest BCUT2D eigenvalue weighted by Gasteiger charge is -2.19. The first-order chi connectivity index (χ1) is 13.9. The van der Waals surface area contributed by atoms with Crippen LogP contribution in [0.15, 0.2) is 30.3 Å². The fourth-order valence-corrected chi connectivity index (χ4v) is 3.56. The lowest BCUT2D eigenvalue weighted by molar-refractivity contribution is -0.137. The van der Waals surface area contributed by atoms with Gasteiger partial charge in [-0.15, -0.1) is 0 Å². The van der Waals surface area contributed by atoms with Crippen LogP contribution >= 0.6 is 0 Å². The summed E-state index contributed by atoms with van der Waals surface area (Å²) >= 11 is 0. The molecule has 1 aliphatic heterocycles. The average molecular weight is 408 g/mol. The van der Waals surface area contributed by atoms with Crippen LogP contribution in [0.3, 0.4) is 0 Å². The smallest absolute Gasteiger partial charge is 0.311 e. The summed E-state index contributed by atoms with van der Waals surface area (Å²) in [5.74, 6) is 0.348. The number of anilines is 1. The van der Waals surface area contributed by atoms with E-state index >= 15 is 0 Å². The van der Waals surface area contributed by atoms with E-state index in [0.717, 1.165) is 44.6 Å². The molecular weight excluding hydrogens is 381 g/mol. The van der Waals surface area contributed by atoms with Gasteiger partial charge in [-0.2, -0.15) is 18.3 Å². The minimum Gasteiger partial charge on any atom is -0.311 e. The Bertz CT molecular complexity index is 778. The normalized spacial score (nSPS) is 15.8. The number of carbonyl (C=O) groups is 1. The number of H-pyrrole nitrogens is 1. The van der Waals surface area contributed by atoms with Gasteiger partial charge in [0.1, 0.15) is 5.82 Å². The van der Waals surface area contributed by atoms with Crippen LogP contribution in [0.5, 0.6) is 0 Å². The van der Waals surface area contributed by atoms with Gasteiger partial charge in [0.25, 0.3) is 0 Å².